The zero-order chi connectivity index (χ0) is 9.84. The van der Waals surface area contributed by atoms with E-state index in [1.807, 2.05) is 0 Å². The van der Waals surface area contributed by atoms with Crippen LogP contribution in [0, 0.1) is 0 Å². The fraction of sp³-hybridized carbons (Fsp3) is 0.750. The molecular weight excluding hydrogens is 172 g/mol. The van der Waals surface area contributed by atoms with E-state index in [-0.39, 0.29) is 12.5 Å². The van der Waals surface area contributed by atoms with Crippen molar-refractivity contribution in [2.45, 2.75) is 18.9 Å². The molecule has 0 unspecified atom stereocenters. The van der Waals surface area contributed by atoms with Crippen LogP contribution in [-0.2, 0) is 9.59 Å². The van der Waals surface area contributed by atoms with Crippen molar-refractivity contribution in [2.24, 2.45) is 0 Å². The van der Waals surface area contributed by atoms with E-state index in [2.05, 4.69) is 5.32 Å². The molecule has 0 radical (unpaired) electrons. The normalized spacial score (nSPS) is 15.2. The van der Waals surface area contributed by atoms with Gasteiger partial charge in [-0.1, -0.05) is 0 Å². The maximum absolute atomic E-state index is 11.1. The Hall–Kier alpha value is -1.10. The largest absolute Gasteiger partial charge is 0.387 e. The fourth-order valence-corrected chi connectivity index (χ4v) is 0.925. The molecule has 1 fully saturated rings. The second-order valence-corrected chi connectivity index (χ2v) is 3.25. The van der Waals surface area contributed by atoms with Gasteiger partial charge in [0.15, 0.2) is 0 Å². The van der Waals surface area contributed by atoms with Crippen LogP contribution in [0.5, 0.6) is 0 Å². The summed E-state index contributed by atoms with van der Waals surface area (Å²) in [7, 11) is 1.49. The van der Waals surface area contributed by atoms with Gasteiger partial charge in [0.05, 0.1) is 6.54 Å². The number of hydrogen-bond acceptors (Lipinski definition) is 3. The minimum atomic E-state index is -0.548. The number of carbonyl (C=O) groups is 2. The van der Waals surface area contributed by atoms with Gasteiger partial charge in [-0.3, -0.25) is 9.59 Å². The van der Waals surface area contributed by atoms with E-state index in [4.69, 9.17) is 5.11 Å². The van der Waals surface area contributed by atoms with Crippen LogP contribution in [0.4, 0.5) is 0 Å². The number of rotatable bonds is 4. The van der Waals surface area contributed by atoms with Gasteiger partial charge in [-0.25, -0.2) is 0 Å². The van der Waals surface area contributed by atoms with E-state index in [0.29, 0.717) is 6.04 Å². The van der Waals surface area contributed by atoms with Crippen molar-refractivity contribution >= 4 is 11.8 Å². The Morgan fingerprint density at radius 2 is 2.15 bits per heavy atom. The number of likely N-dealkylation sites (N-methyl/N-ethyl adjacent to an activating group) is 1. The molecule has 0 aromatic carbocycles. The molecule has 0 bridgehead atoms. The molecule has 1 aliphatic rings. The van der Waals surface area contributed by atoms with Crippen molar-refractivity contribution < 1.29 is 14.7 Å². The summed E-state index contributed by atoms with van der Waals surface area (Å²) in [5.74, 6) is -0.599. The summed E-state index contributed by atoms with van der Waals surface area (Å²) in [4.78, 5) is 23.2. The van der Waals surface area contributed by atoms with Crippen LogP contribution >= 0.6 is 0 Å². The van der Waals surface area contributed by atoms with Crippen LogP contribution < -0.4 is 5.32 Å². The fourth-order valence-electron chi connectivity index (χ4n) is 0.925. The average molecular weight is 186 g/mol. The molecule has 0 heterocycles. The van der Waals surface area contributed by atoms with Crippen LogP contribution in [0.1, 0.15) is 12.8 Å². The Balaban J connectivity index is 2.21. The summed E-state index contributed by atoms with van der Waals surface area (Å²) in [6, 6.07) is 0.310. The van der Waals surface area contributed by atoms with Crippen molar-refractivity contribution in [3.8, 4) is 0 Å². The molecule has 0 aromatic rings. The van der Waals surface area contributed by atoms with E-state index < -0.39 is 12.5 Å². The van der Waals surface area contributed by atoms with Crippen LogP contribution in [-0.4, -0.2) is 48.1 Å². The van der Waals surface area contributed by atoms with Crippen molar-refractivity contribution in [3.63, 3.8) is 0 Å². The number of hydrogen-bond donors (Lipinski definition) is 2. The molecule has 0 atom stereocenters. The van der Waals surface area contributed by atoms with Gasteiger partial charge in [0, 0.05) is 13.1 Å². The Kier molecular flexibility index (Phi) is 3.25. The van der Waals surface area contributed by atoms with Crippen molar-refractivity contribution in [1.82, 2.24) is 10.2 Å². The first-order chi connectivity index (χ1) is 6.13. The summed E-state index contributed by atoms with van der Waals surface area (Å²) in [6.45, 7) is -0.525. The highest BCUT2D eigenvalue weighted by molar-refractivity contribution is 5.85. The number of carbonyl (C=O) groups excluding carboxylic acids is 2. The molecule has 0 saturated heterocycles. The topological polar surface area (TPSA) is 69.6 Å². The number of nitrogens with one attached hydrogen (secondary N) is 1. The standard InChI is InChI=1S/C8H14N2O3/c1-10(8(13)5-11)4-7(12)9-6-2-3-6/h6,11H,2-5H2,1H3,(H,9,12). The van der Waals surface area contributed by atoms with Gasteiger partial charge in [0.1, 0.15) is 6.61 Å². The molecule has 5 heteroatoms. The molecule has 0 aromatic heterocycles. The van der Waals surface area contributed by atoms with Crippen LogP contribution in [0.15, 0.2) is 0 Å². The molecule has 5 nitrogen and oxygen atoms in total. The lowest BCUT2D eigenvalue weighted by molar-refractivity contribution is -0.136. The van der Waals surface area contributed by atoms with Gasteiger partial charge in [0.25, 0.3) is 0 Å². The SMILES string of the molecule is CN(CC(=O)NC1CC1)C(=O)CO. The van der Waals surface area contributed by atoms with Gasteiger partial charge < -0.3 is 15.3 Å². The molecule has 0 spiro atoms. The first kappa shape index (κ1) is 9.98. The minimum Gasteiger partial charge on any atom is -0.387 e. The van der Waals surface area contributed by atoms with Gasteiger partial charge in [-0.15, -0.1) is 0 Å². The Labute approximate surface area is 76.7 Å². The highest BCUT2D eigenvalue weighted by atomic mass is 16.3. The first-order valence-electron chi connectivity index (χ1n) is 4.27. The number of amides is 2. The average Bonchev–Trinajstić information content (AvgIpc) is 2.86. The van der Waals surface area contributed by atoms with Crippen LogP contribution in [0.25, 0.3) is 0 Å². The summed E-state index contributed by atoms with van der Waals surface area (Å²) in [6.07, 6.45) is 2.06. The maximum atomic E-state index is 11.1. The summed E-state index contributed by atoms with van der Waals surface area (Å²) in [5, 5.41) is 11.2. The monoisotopic (exact) mass is 186 g/mol. The summed E-state index contributed by atoms with van der Waals surface area (Å²) in [5.41, 5.74) is 0. The third-order valence-electron chi connectivity index (χ3n) is 1.88. The Morgan fingerprint density at radius 1 is 1.54 bits per heavy atom. The molecule has 2 N–H and O–H groups in total. The predicted molar refractivity (Wildman–Crippen MR) is 45.9 cm³/mol. The molecule has 2 amide bonds. The lowest BCUT2D eigenvalue weighted by Gasteiger charge is -2.14. The summed E-state index contributed by atoms with van der Waals surface area (Å²) >= 11 is 0. The quantitative estimate of drug-likeness (QED) is 0.574. The molecule has 1 rings (SSSR count). The van der Waals surface area contributed by atoms with E-state index in [1.54, 1.807) is 0 Å². The van der Waals surface area contributed by atoms with E-state index >= 15 is 0 Å². The van der Waals surface area contributed by atoms with Crippen molar-refractivity contribution in [1.29, 1.82) is 0 Å². The first-order valence-corrected chi connectivity index (χ1v) is 4.27. The van der Waals surface area contributed by atoms with E-state index in [1.165, 1.54) is 11.9 Å². The van der Waals surface area contributed by atoms with E-state index in [9.17, 15) is 9.59 Å². The molecule has 74 valence electrons. The predicted octanol–water partition coefficient (Wildman–Crippen LogP) is -1.28. The van der Waals surface area contributed by atoms with Crippen molar-refractivity contribution in [3.05, 3.63) is 0 Å². The zero-order valence-corrected chi connectivity index (χ0v) is 7.62. The molecule has 1 aliphatic carbocycles. The van der Waals surface area contributed by atoms with Gasteiger partial charge >= 0.3 is 0 Å². The third kappa shape index (κ3) is 3.42. The van der Waals surface area contributed by atoms with Crippen LogP contribution in [0.3, 0.4) is 0 Å². The minimum absolute atomic E-state index is 0.0237. The lowest BCUT2D eigenvalue weighted by Crippen LogP contribution is -2.40. The highest BCUT2D eigenvalue weighted by Gasteiger charge is 2.24. The number of nitrogens with zero attached hydrogens (tertiary/aromatic N) is 1. The van der Waals surface area contributed by atoms with Gasteiger partial charge in [-0.2, -0.15) is 0 Å². The molecule has 13 heavy (non-hydrogen) atoms. The highest BCUT2D eigenvalue weighted by Crippen LogP contribution is 2.18. The second-order valence-electron chi connectivity index (χ2n) is 3.25. The smallest absolute Gasteiger partial charge is 0.248 e. The maximum Gasteiger partial charge on any atom is 0.248 e. The lowest BCUT2D eigenvalue weighted by atomic mass is 10.4. The third-order valence-corrected chi connectivity index (χ3v) is 1.88. The second kappa shape index (κ2) is 4.23. The molecule has 0 aliphatic heterocycles. The Morgan fingerprint density at radius 3 is 2.62 bits per heavy atom. The van der Waals surface area contributed by atoms with Gasteiger partial charge in [0.2, 0.25) is 11.8 Å². The molecule has 1 saturated carbocycles. The van der Waals surface area contributed by atoms with E-state index in [0.717, 1.165) is 12.8 Å². The zero-order valence-electron chi connectivity index (χ0n) is 7.62. The van der Waals surface area contributed by atoms with Crippen molar-refractivity contribution in [2.75, 3.05) is 20.2 Å². The van der Waals surface area contributed by atoms with Crippen LogP contribution in [0.2, 0.25) is 0 Å². The number of aliphatic hydroxyl groups excluding tert-OH is 1. The summed E-state index contributed by atoms with van der Waals surface area (Å²) < 4.78 is 0. The van der Waals surface area contributed by atoms with Gasteiger partial charge in [-0.05, 0) is 12.8 Å². The Bertz CT molecular complexity index is 213. The number of aliphatic hydroxyl groups is 1. The molecular formula is C8H14N2O3.